The number of non-ortho nitro benzene ring substituents is 1. The Hall–Kier alpha value is -3.69. The van der Waals surface area contributed by atoms with Gasteiger partial charge in [0.15, 0.2) is 0 Å². The fourth-order valence-electron chi connectivity index (χ4n) is 2.63. The molecule has 0 saturated heterocycles. The highest BCUT2D eigenvalue weighted by atomic mass is 35.5. The van der Waals surface area contributed by atoms with Gasteiger partial charge in [0.2, 0.25) is 0 Å². The topological polar surface area (TPSA) is 76.2 Å². The van der Waals surface area contributed by atoms with Crippen molar-refractivity contribution in [2.45, 2.75) is 6.61 Å². The van der Waals surface area contributed by atoms with Crippen molar-refractivity contribution in [3.05, 3.63) is 104 Å². The van der Waals surface area contributed by atoms with Crippen LogP contribution in [-0.2, 0) is 6.61 Å². The molecule has 0 atom stereocenters. The van der Waals surface area contributed by atoms with Gasteiger partial charge in [0.1, 0.15) is 18.2 Å². The van der Waals surface area contributed by atoms with Gasteiger partial charge in [-0.15, -0.1) is 0 Å². The average molecular weight is 409 g/mol. The fraction of sp³-hybridized carbons (Fsp3) is 0.0455. The normalized spacial score (nSPS) is 11.0. The molecular formula is C22H14ClFN2O3. The second-order valence-corrected chi connectivity index (χ2v) is 6.44. The van der Waals surface area contributed by atoms with E-state index in [1.807, 2.05) is 0 Å². The number of halogens is 2. The second-order valence-electron chi connectivity index (χ2n) is 6.04. The molecule has 5 nitrogen and oxygen atoms in total. The number of benzene rings is 3. The number of hydrogen-bond donors (Lipinski definition) is 0. The molecular weight excluding hydrogens is 395 g/mol. The molecule has 0 unspecified atom stereocenters. The van der Waals surface area contributed by atoms with Crippen LogP contribution in [0.15, 0.2) is 66.7 Å². The summed E-state index contributed by atoms with van der Waals surface area (Å²) in [5.74, 6) is 0.0394. The third kappa shape index (κ3) is 4.98. The molecule has 0 bridgehead atoms. The lowest BCUT2D eigenvalue weighted by Crippen LogP contribution is -1.99. The first-order chi connectivity index (χ1) is 14.0. The Morgan fingerprint density at radius 1 is 1.17 bits per heavy atom. The first-order valence-electron chi connectivity index (χ1n) is 8.50. The maximum Gasteiger partial charge on any atom is 0.269 e. The highest BCUT2D eigenvalue weighted by Gasteiger charge is 2.09. The van der Waals surface area contributed by atoms with Crippen molar-refractivity contribution in [2.75, 3.05) is 0 Å². The van der Waals surface area contributed by atoms with Crippen molar-refractivity contribution >= 4 is 28.9 Å². The lowest BCUT2D eigenvalue weighted by atomic mass is 10.0. The van der Waals surface area contributed by atoms with Gasteiger partial charge >= 0.3 is 0 Å². The van der Waals surface area contributed by atoms with E-state index >= 15 is 0 Å². The quantitative estimate of drug-likeness (QED) is 0.216. The molecule has 3 rings (SSSR count). The molecule has 0 aliphatic heterocycles. The van der Waals surface area contributed by atoms with E-state index in [1.54, 1.807) is 36.4 Å². The van der Waals surface area contributed by atoms with Crippen LogP contribution in [0.1, 0.15) is 16.7 Å². The molecule has 0 amide bonds. The molecule has 0 aliphatic carbocycles. The Kier molecular flexibility index (Phi) is 6.22. The summed E-state index contributed by atoms with van der Waals surface area (Å²) < 4.78 is 19.5. The van der Waals surface area contributed by atoms with Crippen molar-refractivity contribution in [1.82, 2.24) is 0 Å². The van der Waals surface area contributed by atoms with E-state index < -0.39 is 10.7 Å². The van der Waals surface area contributed by atoms with Crippen LogP contribution in [-0.4, -0.2) is 4.92 Å². The Morgan fingerprint density at radius 2 is 1.90 bits per heavy atom. The monoisotopic (exact) mass is 408 g/mol. The molecule has 0 heterocycles. The van der Waals surface area contributed by atoms with Crippen LogP contribution in [0.3, 0.4) is 0 Å². The van der Waals surface area contributed by atoms with E-state index in [0.717, 1.165) is 0 Å². The first kappa shape index (κ1) is 20.1. The summed E-state index contributed by atoms with van der Waals surface area (Å²) in [6.07, 6.45) is 1.64. The summed E-state index contributed by atoms with van der Waals surface area (Å²) in [6, 6.07) is 19.2. The van der Waals surface area contributed by atoms with Gasteiger partial charge in [-0.3, -0.25) is 10.1 Å². The highest BCUT2D eigenvalue weighted by Crippen LogP contribution is 2.24. The van der Waals surface area contributed by atoms with E-state index in [4.69, 9.17) is 16.3 Å². The predicted octanol–water partition coefficient (Wildman–Crippen LogP) is 6.03. The fourth-order valence-corrected chi connectivity index (χ4v) is 2.85. The molecule has 0 N–H and O–H groups in total. The van der Waals surface area contributed by atoms with Gasteiger partial charge in [-0.05, 0) is 53.6 Å². The lowest BCUT2D eigenvalue weighted by molar-refractivity contribution is -0.384. The number of hydrogen-bond acceptors (Lipinski definition) is 4. The van der Waals surface area contributed by atoms with E-state index in [9.17, 15) is 19.8 Å². The summed E-state index contributed by atoms with van der Waals surface area (Å²) in [7, 11) is 0. The van der Waals surface area contributed by atoms with Crippen molar-refractivity contribution < 1.29 is 14.1 Å². The van der Waals surface area contributed by atoms with Crippen molar-refractivity contribution in [2.24, 2.45) is 0 Å². The number of nitro benzene ring substituents is 1. The summed E-state index contributed by atoms with van der Waals surface area (Å²) in [4.78, 5) is 10.3. The molecule has 0 fully saturated rings. The smallest absolute Gasteiger partial charge is 0.269 e. The van der Waals surface area contributed by atoms with Crippen LogP contribution in [0.25, 0.3) is 11.6 Å². The first-order valence-corrected chi connectivity index (χ1v) is 8.88. The van der Waals surface area contributed by atoms with E-state index in [1.165, 1.54) is 36.4 Å². The van der Waals surface area contributed by atoms with Gasteiger partial charge in [0, 0.05) is 17.7 Å². The van der Waals surface area contributed by atoms with Crippen molar-refractivity contribution in [3.8, 4) is 11.8 Å². The maximum atomic E-state index is 13.9. The van der Waals surface area contributed by atoms with Gasteiger partial charge in [0.05, 0.1) is 21.6 Å². The molecule has 0 spiro atoms. The summed E-state index contributed by atoms with van der Waals surface area (Å²) in [5.41, 5.74) is 1.81. The third-order valence-electron chi connectivity index (χ3n) is 4.12. The largest absolute Gasteiger partial charge is 0.489 e. The number of ether oxygens (including phenoxy) is 1. The van der Waals surface area contributed by atoms with Gasteiger partial charge in [-0.25, -0.2) is 4.39 Å². The summed E-state index contributed by atoms with van der Waals surface area (Å²) in [6.45, 7) is -0.0356. The molecule has 0 radical (unpaired) electrons. The molecule has 3 aromatic carbocycles. The highest BCUT2D eigenvalue weighted by molar-refractivity contribution is 6.31. The SMILES string of the molecule is N#CC(=Cc1cccc(OCc2c(F)cccc2Cl)c1)c1ccc([N+](=O)[O-])cc1. The Bertz CT molecular complexity index is 1100. The number of nitriles is 1. The lowest BCUT2D eigenvalue weighted by Gasteiger charge is -2.09. The molecule has 7 heteroatoms. The van der Waals surface area contributed by atoms with Crippen LogP contribution >= 0.6 is 11.6 Å². The Labute approximate surface area is 171 Å². The number of rotatable bonds is 6. The van der Waals surface area contributed by atoms with Crippen LogP contribution in [0.2, 0.25) is 5.02 Å². The zero-order chi connectivity index (χ0) is 20.8. The van der Waals surface area contributed by atoms with Gasteiger partial charge in [0.25, 0.3) is 5.69 Å². The minimum absolute atomic E-state index is 0.0356. The molecule has 0 aromatic heterocycles. The maximum absolute atomic E-state index is 13.9. The second kappa shape index (κ2) is 9.00. The zero-order valence-electron chi connectivity index (χ0n) is 15.0. The Balaban J connectivity index is 1.80. The van der Waals surface area contributed by atoms with E-state index in [-0.39, 0.29) is 22.9 Å². The van der Waals surface area contributed by atoms with Crippen molar-refractivity contribution in [1.29, 1.82) is 5.26 Å². The van der Waals surface area contributed by atoms with Gasteiger partial charge in [-0.2, -0.15) is 5.26 Å². The molecule has 144 valence electrons. The average Bonchev–Trinajstić information content (AvgIpc) is 2.72. The van der Waals surface area contributed by atoms with E-state index in [2.05, 4.69) is 6.07 Å². The zero-order valence-corrected chi connectivity index (χ0v) is 15.8. The molecule has 3 aromatic rings. The van der Waals surface area contributed by atoms with Crippen LogP contribution in [0.5, 0.6) is 5.75 Å². The molecule has 0 saturated carbocycles. The molecule has 0 aliphatic rings. The predicted molar refractivity (Wildman–Crippen MR) is 109 cm³/mol. The van der Waals surface area contributed by atoms with Crippen LogP contribution < -0.4 is 4.74 Å². The minimum Gasteiger partial charge on any atom is -0.489 e. The summed E-state index contributed by atoms with van der Waals surface area (Å²) >= 11 is 6.01. The third-order valence-corrected chi connectivity index (χ3v) is 4.48. The summed E-state index contributed by atoms with van der Waals surface area (Å²) in [5, 5.41) is 20.5. The number of nitrogens with zero attached hydrogens (tertiary/aromatic N) is 2. The van der Waals surface area contributed by atoms with Crippen molar-refractivity contribution in [3.63, 3.8) is 0 Å². The minimum atomic E-state index is -0.498. The molecule has 29 heavy (non-hydrogen) atoms. The van der Waals surface area contributed by atoms with Crippen LogP contribution in [0.4, 0.5) is 10.1 Å². The number of allylic oxidation sites excluding steroid dienone is 1. The van der Waals surface area contributed by atoms with Gasteiger partial charge < -0.3 is 4.74 Å². The van der Waals surface area contributed by atoms with Crippen LogP contribution in [0, 0.1) is 27.3 Å². The van der Waals surface area contributed by atoms with Gasteiger partial charge in [-0.1, -0.05) is 29.8 Å². The standard InChI is InChI=1S/C22H14ClFN2O3/c23-21-5-2-6-22(24)20(21)14-29-19-4-1-3-15(12-19)11-17(13-25)16-7-9-18(10-8-16)26(27)28/h1-12H,14H2. The van der Waals surface area contributed by atoms with E-state index in [0.29, 0.717) is 22.4 Å². The number of nitro groups is 1. The Morgan fingerprint density at radius 3 is 2.55 bits per heavy atom.